The van der Waals surface area contributed by atoms with Gasteiger partial charge in [-0.05, 0) is 30.4 Å². The smallest absolute Gasteiger partial charge is 0.0483 e. The summed E-state index contributed by atoms with van der Waals surface area (Å²) in [5.41, 5.74) is 8.96. The molecule has 14 heavy (non-hydrogen) atoms. The second kappa shape index (κ2) is 3.71. The lowest BCUT2D eigenvalue weighted by Gasteiger charge is -2.24. The average Bonchev–Trinajstić information content (AvgIpc) is 2.55. The number of ether oxygens (including phenoxy) is 1. The molecule has 0 fully saturated rings. The number of rotatable bonds is 3. The molecule has 1 unspecified atom stereocenters. The zero-order valence-electron chi connectivity index (χ0n) is 8.62. The van der Waals surface area contributed by atoms with Crippen LogP contribution in [0.4, 0.5) is 0 Å². The molecule has 2 nitrogen and oxygen atoms in total. The fourth-order valence-corrected chi connectivity index (χ4v) is 2.26. The van der Waals surface area contributed by atoms with E-state index in [1.54, 1.807) is 7.11 Å². The summed E-state index contributed by atoms with van der Waals surface area (Å²) in [6, 6.07) is 8.48. The Bertz CT molecular complexity index is 324. The first-order chi connectivity index (χ1) is 6.76. The van der Waals surface area contributed by atoms with E-state index >= 15 is 0 Å². The van der Waals surface area contributed by atoms with Gasteiger partial charge in [0, 0.05) is 19.3 Å². The van der Waals surface area contributed by atoms with Crippen molar-refractivity contribution in [2.75, 3.05) is 13.7 Å². The minimum absolute atomic E-state index is 0.146. The Morgan fingerprint density at radius 2 is 2.21 bits per heavy atom. The van der Waals surface area contributed by atoms with Crippen molar-refractivity contribution in [3.05, 3.63) is 35.4 Å². The summed E-state index contributed by atoms with van der Waals surface area (Å²) in [6.07, 6.45) is 3.08. The lowest BCUT2D eigenvalue weighted by atomic mass is 9.90. The second-order valence-electron chi connectivity index (χ2n) is 4.06. The molecular weight excluding hydrogens is 174 g/mol. The third-order valence-corrected chi connectivity index (χ3v) is 3.15. The monoisotopic (exact) mass is 191 g/mol. The zero-order chi connectivity index (χ0) is 10.0. The van der Waals surface area contributed by atoms with Gasteiger partial charge in [-0.15, -0.1) is 0 Å². The number of hydrogen-bond acceptors (Lipinski definition) is 2. The molecule has 2 rings (SSSR count). The highest BCUT2D eigenvalue weighted by Gasteiger charge is 2.33. The molecule has 0 bridgehead atoms. The molecule has 1 aliphatic carbocycles. The lowest BCUT2D eigenvalue weighted by Crippen LogP contribution is -2.35. The quantitative estimate of drug-likeness (QED) is 0.791. The Hall–Kier alpha value is -0.860. The van der Waals surface area contributed by atoms with Crippen LogP contribution < -0.4 is 5.73 Å². The van der Waals surface area contributed by atoms with Gasteiger partial charge in [-0.1, -0.05) is 24.3 Å². The van der Waals surface area contributed by atoms with Gasteiger partial charge in [0.25, 0.3) is 0 Å². The van der Waals surface area contributed by atoms with Crippen molar-refractivity contribution >= 4 is 0 Å². The van der Waals surface area contributed by atoms with Gasteiger partial charge >= 0.3 is 0 Å². The Balaban J connectivity index is 2.23. The third kappa shape index (κ3) is 1.56. The molecule has 0 amide bonds. The maximum Gasteiger partial charge on any atom is 0.0483 e. The molecule has 0 spiro atoms. The first-order valence-electron chi connectivity index (χ1n) is 5.12. The van der Waals surface area contributed by atoms with E-state index in [1.807, 2.05) is 0 Å². The van der Waals surface area contributed by atoms with Crippen LogP contribution >= 0.6 is 0 Å². The van der Waals surface area contributed by atoms with Gasteiger partial charge in [0.15, 0.2) is 0 Å². The van der Waals surface area contributed by atoms with Crippen LogP contribution in [-0.4, -0.2) is 13.7 Å². The average molecular weight is 191 g/mol. The Morgan fingerprint density at radius 1 is 1.43 bits per heavy atom. The van der Waals surface area contributed by atoms with E-state index in [4.69, 9.17) is 10.5 Å². The van der Waals surface area contributed by atoms with Gasteiger partial charge in [-0.25, -0.2) is 0 Å². The first kappa shape index (κ1) is 9.69. The van der Waals surface area contributed by atoms with E-state index in [0.717, 1.165) is 25.9 Å². The molecule has 2 heteroatoms. The van der Waals surface area contributed by atoms with Crippen molar-refractivity contribution in [2.24, 2.45) is 5.73 Å². The number of methoxy groups -OCH3 is 1. The van der Waals surface area contributed by atoms with E-state index in [1.165, 1.54) is 11.1 Å². The van der Waals surface area contributed by atoms with E-state index in [-0.39, 0.29) is 5.54 Å². The summed E-state index contributed by atoms with van der Waals surface area (Å²) >= 11 is 0. The standard InChI is InChI=1S/C12H17NO/c1-14-9-8-12(13)7-6-10-4-2-3-5-11(10)12/h2-5H,6-9,13H2,1H3. The van der Waals surface area contributed by atoms with Crippen LogP contribution in [0.25, 0.3) is 0 Å². The topological polar surface area (TPSA) is 35.2 Å². The molecule has 0 heterocycles. The molecule has 1 aromatic carbocycles. The van der Waals surface area contributed by atoms with Gasteiger partial charge in [0.2, 0.25) is 0 Å². The second-order valence-corrected chi connectivity index (χ2v) is 4.06. The molecule has 0 saturated carbocycles. The van der Waals surface area contributed by atoms with Gasteiger partial charge in [0.05, 0.1) is 0 Å². The van der Waals surface area contributed by atoms with Crippen LogP contribution in [0.15, 0.2) is 24.3 Å². The lowest BCUT2D eigenvalue weighted by molar-refractivity contribution is 0.167. The Labute approximate surface area is 85.1 Å². The number of hydrogen-bond donors (Lipinski definition) is 1. The maximum atomic E-state index is 6.38. The minimum atomic E-state index is -0.146. The fourth-order valence-electron chi connectivity index (χ4n) is 2.26. The molecule has 1 aromatic rings. The van der Waals surface area contributed by atoms with Crippen molar-refractivity contribution in [1.29, 1.82) is 0 Å². The molecule has 1 aliphatic rings. The molecule has 2 N–H and O–H groups in total. The summed E-state index contributed by atoms with van der Waals surface area (Å²) in [7, 11) is 1.73. The first-order valence-corrected chi connectivity index (χ1v) is 5.12. The molecule has 0 aliphatic heterocycles. The van der Waals surface area contributed by atoms with Crippen LogP contribution in [0, 0.1) is 0 Å². The van der Waals surface area contributed by atoms with E-state index in [9.17, 15) is 0 Å². The minimum Gasteiger partial charge on any atom is -0.385 e. The Morgan fingerprint density at radius 3 is 3.00 bits per heavy atom. The molecular formula is C12H17NO. The van der Waals surface area contributed by atoms with Crippen LogP contribution in [0.3, 0.4) is 0 Å². The van der Waals surface area contributed by atoms with E-state index < -0.39 is 0 Å². The van der Waals surface area contributed by atoms with Crippen LogP contribution in [0.2, 0.25) is 0 Å². The largest absolute Gasteiger partial charge is 0.385 e. The molecule has 1 atom stereocenters. The van der Waals surface area contributed by atoms with Crippen LogP contribution in [0.1, 0.15) is 24.0 Å². The van der Waals surface area contributed by atoms with Crippen molar-refractivity contribution in [1.82, 2.24) is 0 Å². The number of fused-ring (bicyclic) bond motifs is 1. The summed E-state index contributed by atoms with van der Waals surface area (Å²) in [6.45, 7) is 0.741. The molecule has 0 aromatic heterocycles. The molecule has 0 radical (unpaired) electrons. The summed E-state index contributed by atoms with van der Waals surface area (Å²) in [5, 5.41) is 0. The maximum absolute atomic E-state index is 6.38. The summed E-state index contributed by atoms with van der Waals surface area (Å²) in [4.78, 5) is 0. The van der Waals surface area contributed by atoms with Gasteiger partial charge in [0.1, 0.15) is 0 Å². The normalized spacial score (nSPS) is 25.0. The van der Waals surface area contributed by atoms with E-state index in [0.29, 0.717) is 0 Å². The zero-order valence-corrected chi connectivity index (χ0v) is 8.62. The predicted octanol–water partition coefficient (Wildman–Crippen LogP) is 1.82. The highest BCUT2D eigenvalue weighted by molar-refractivity contribution is 5.38. The van der Waals surface area contributed by atoms with Crippen molar-refractivity contribution in [3.8, 4) is 0 Å². The van der Waals surface area contributed by atoms with Gasteiger partial charge in [-0.2, -0.15) is 0 Å². The summed E-state index contributed by atoms with van der Waals surface area (Å²) < 4.78 is 5.10. The van der Waals surface area contributed by atoms with Crippen LogP contribution in [-0.2, 0) is 16.7 Å². The van der Waals surface area contributed by atoms with Crippen LogP contribution in [0.5, 0.6) is 0 Å². The number of benzene rings is 1. The highest BCUT2D eigenvalue weighted by atomic mass is 16.5. The van der Waals surface area contributed by atoms with E-state index in [2.05, 4.69) is 24.3 Å². The highest BCUT2D eigenvalue weighted by Crippen LogP contribution is 2.36. The predicted molar refractivity (Wildman–Crippen MR) is 57.1 cm³/mol. The van der Waals surface area contributed by atoms with Crippen molar-refractivity contribution < 1.29 is 4.74 Å². The fraction of sp³-hybridized carbons (Fsp3) is 0.500. The SMILES string of the molecule is COCCC1(N)CCc2ccccc21. The Kier molecular flexibility index (Phi) is 2.57. The number of nitrogens with two attached hydrogens (primary N) is 1. The number of aryl methyl sites for hydroxylation is 1. The third-order valence-electron chi connectivity index (χ3n) is 3.15. The van der Waals surface area contributed by atoms with Crippen molar-refractivity contribution in [2.45, 2.75) is 24.8 Å². The molecule has 76 valence electrons. The van der Waals surface area contributed by atoms with Crippen molar-refractivity contribution in [3.63, 3.8) is 0 Å². The van der Waals surface area contributed by atoms with Gasteiger partial charge < -0.3 is 10.5 Å². The summed E-state index contributed by atoms with van der Waals surface area (Å²) in [5.74, 6) is 0. The van der Waals surface area contributed by atoms with Gasteiger partial charge in [-0.3, -0.25) is 0 Å². The molecule has 0 saturated heterocycles.